The molecule has 0 spiro atoms. The highest BCUT2D eigenvalue weighted by Crippen LogP contribution is 2.26. The summed E-state index contributed by atoms with van der Waals surface area (Å²) in [6, 6.07) is 9.10. The second-order valence-electron chi connectivity index (χ2n) is 6.01. The molecule has 0 radical (unpaired) electrons. The van der Waals surface area contributed by atoms with Gasteiger partial charge < -0.3 is 4.52 Å². The normalized spacial score (nSPS) is 12.4. The summed E-state index contributed by atoms with van der Waals surface area (Å²) >= 11 is 0. The first kappa shape index (κ1) is 15.6. The Morgan fingerprint density at radius 1 is 1.14 bits per heavy atom. The number of rotatable bonds is 4. The Hall–Kier alpha value is -1.82. The molecule has 0 atom stereocenters. The van der Waals surface area contributed by atoms with Crippen molar-refractivity contribution in [1.82, 2.24) is 5.16 Å². The number of sulfonamides is 1. The molecule has 0 aliphatic carbocycles. The highest BCUT2D eigenvalue weighted by atomic mass is 32.2. The van der Waals surface area contributed by atoms with E-state index in [0.29, 0.717) is 11.4 Å². The van der Waals surface area contributed by atoms with E-state index >= 15 is 0 Å². The van der Waals surface area contributed by atoms with Crippen molar-refractivity contribution in [2.24, 2.45) is 0 Å². The Morgan fingerprint density at radius 3 is 2.24 bits per heavy atom. The van der Waals surface area contributed by atoms with E-state index in [-0.39, 0.29) is 11.2 Å². The van der Waals surface area contributed by atoms with Gasteiger partial charge in [0.05, 0.1) is 5.69 Å². The highest BCUT2D eigenvalue weighted by Gasteiger charge is 2.21. The Morgan fingerprint density at radius 2 is 1.76 bits per heavy atom. The molecule has 0 bridgehead atoms. The lowest BCUT2D eigenvalue weighted by Crippen LogP contribution is -2.28. The zero-order valence-electron chi connectivity index (χ0n) is 12.7. The molecular formula is C15H20N2O3S. The van der Waals surface area contributed by atoms with Crippen LogP contribution in [0.5, 0.6) is 0 Å². The van der Waals surface area contributed by atoms with Crippen molar-refractivity contribution in [3.8, 4) is 0 Å². The summed E-state index contributed by atoms with van der Waals surface area (Å²) < 4.78 is 30.6. The predicted octanol–water partition coefficient (Wildman–Crippen LogP) is 2.94. The van der Waals surface area contributed by atoms with Gasteiger partial charge in [-0.15, -0.1) is 0 Å². The number of anilines is 1. The fraction of sp³-hybridized carbons (Fsp3) is 0.400. The van der Waals surface area contributed by atoms with Crippen LogP contribution in [-0.4, -0.2) is 20.6 Å². The lowest BCUT2D eigenvalue weighted by atomic mass is 9.87. The van der Waals surface area contributed by atoms with Crippen molar-refractivity contribution < 1.29 is 12.9 Å². The van der Waals surface area contributed by atoms with Gasteiger partial charge in [0.25, 0.3) is 0 Å². The monoisotopic (exact) mass is 308 g/mol. The SMILES string of the molecule is CN(c1ccc(C(C)(C)C)cc1)S(=O)(=O)Cc1ccon1. The number of benzene rings is 1. The zero-order chi connectivity index (χ0) is 15.7. The van der Waals surface area contributed by atoms with Crippen LogP contribution >= 0.6 is 0 Å². The van der Waals surface area contributed by atoms with Crippen LogP contribution in [0.15, 0.2) is 41.1 Å². The van der Waals surface area contributed by atoms with Gasteiger partial charge in [-0.2, -0.15) is 0 Å². The molecule has 1 aromatic carbocycles. The fourth-order valence-electron chi connectivity index (χ4n) is 1.93. The molecule has 0 N–H and O–H groups in total. The van der Waals surface area contributed by atoms with Crippen LogP contribution < -0.4 is 4.31 Å². The molecule has 0 fully saturated rings. The molecular weight excluding hydrogens is 288 g/mol. The van der Waals surface area contributed by atoms with Gasteiger partial charge in [0, 0.05) is 13.1 Å². The topological polar surface area (TPSA) is 63.4 Å². The minimum atomic E-state index is -3.47. The Balaban J connectivity index is 2.21. The van der Waals surface area contributed by atoms with Crippen LogP contribution in [0.1, 0.15) is 32.0 Å². The largest absolute Gasteiger partial charge is 0.364 e. The van der Waals surface area contributed by atoms with E-state index < -0.39 is 10.0 Å². The van der Waals surface area contributed by atoms with Gasteiger partial charge in [0.15, 0.2) is 0 Å². The average molecular weight is 308 g/mol. The predicted molar refractivity (Wildman–Crippen MR) is 82.7 cm³/mol. The summed E-state index contributed by atoms with van der Waals surface area (Å²) in [7, 11) is -1.93. The van der Waals surface area contributed by atoms with E-state index in [0.717, 1.165) is 5.56 Å². The number of hydrogen-bond donors (Lipinski definition) is 0. The van der Waals surface area contributed by atoms with Crippen molar-refractivity contribution in [2.45, 2.75) is 31.9 Å². The first-order valence-electron chi connectivity index (χ1n) is 6.66. The first-order chi connectivity index (χ1) is 9.70. The van der Waals surface area contributed by atoms with Crippen LogP contribution in [0.4, 0.5) is 5.69 Å². The molecule has 0 aliphatic rings. The summed E-state index contributed by atoms with van der Waals surface area (Å²) in [5.41, 5.74) is 2.23. The molecule has 0 unspecified atom stereocenters. The van der Waals surface area contributed by atoms with Gasteiger partial charge in [-0.05, 0) is 23.1 Å². The smallest absolute Gasteiger partial charge is 0.240 e. The molecule has 2 aromatic rings. The third-order valence-electron chi connectivity index (χ3n) is 3.34. The molecule has 0 amide bonds. The van der Waals surface area contributed by atoms with Crippen molar-refractivity contribution in [1.29, 1.82) is 0 Å². The lowest BCUT2D eigenvalue weighted by Gasteiger charge is -2.22. The van der Waals surface area contributed by atoms with E-state index in [2.05, 4.69) is 30.5 Å². The molecule has 114 valence electrons. The van der Waals surface area contributed by atoms with E-state index in [1.165, 1.54) is 10.6 Å². The summed E-state index contributed by atoms with van der Waals surface area (Å²) in [6.45, 7) is 6.35. The van der Waals surface area contributed by atoms with Gasteiger partial charge >= 0.3 is 0 Å². The highest BCUT2D eigenvalue weighted by molar-refractivity contribution is 7.92. The summed E-state index contributed by atoms with van der Waals surface area (Å²) in [4.78, 5) is 0. The molecule has 6 heteroatoms. The standard InChI is InChI=1S/C15H20N2O3S/c1-15(2,3)12-5-7-14(8-6-12)17(4)21(18,19)11-13-9-10-20-16-13/h5-10H,11H2,1-4H3. The summed E-state index contributed by atoms with van der Waals surface area (Å²) in [5.74, 6) is -0.180. The second-order valence-corrected chi connectivity index (χ2v) is 8.01. The molecule has 5 nitrogen and oxygen atoms in total. The van der Waals surface area contributed by atoms with Gasteiger partial charge in [-0.1, -0.05) is 38.1 Å². The number of nitrogens with zero attached hydrogens (tertiary/aromatic N) is 2. The Kier molecular flexibility index (Phi) is 4.09. The molecule has 21 heavy (non-hydrogen) atoms. The molecule has 1 aromatic heterocycles. The van der Waals surface area contributed by atoms with Gasteiger partial charge in [0.2, 0.25) is 10.0 Å². The van der Waals surface area contributed by atoms with E-state index in [9.17, 15) is 8.42 Å². The quantitative estimate of drug-likeness (QED) is 0.871. The average Bonchev–Trinajstić information content (AvgIpc) is 2.89. The van der Waals surface area contributed by atoms with E-state index in [1.807, 2.05) is 24.3 Å². The molecule has 1 heterocycles. The maximum atomic E-state index is 12.3. The maximum Gasteiger partial charge on any atom is 0.240 e. The third kappa shape index (κ3) is 3.64. The van der Waals surface area contributed by atoms with Crippen molar-refractivity contribution in [2.75, 3.05) is 11.4 Å². The van der Waals surface area contributed by atoms with Crippen LogP contribution in [0.25, 0.3) is 0 Å². The Labute approximate surface area is 125 Å². The van der Waals surface area contributed by atoms with Crippen molar-refractivity contribution >= 4 is 15.7 Å². The molecule has 0 saturated heterocycles. The van der Waals surface area contributed by atoms with Crippen LogP contribution in [0.2, 0.25) is 0 Å². The fourth-order valence-corrected chi connectivity index (χ4v) is 3.09. The van der Waals surface area contributed by atoms with Gasteiger partial charge in [-0.25, -0.2) is 8.42 Å². The van der Waals surface area contributed by atoms with Crippen LogP contribution in [0.3, 0.4) is 0 Å². The van der Waals surface area contributed by atoms with E-state index in [1.54, 1.807) is 13.1 Å². The molecule has 2 rings (SSSR count). The van der Waals surface area contributed by atoms with Crippen molar-refractivity contribution in [3.05, 3.63) is 47.9 Å². The zero-order valence-corrected chi connectivity index (χ0v) is 13.5. The van der Waals surface area contributed by atoms with Crippen LogP contribution in [0, 0.1) is 0 Å². The molecule has 0 saturated carbocycles. The van der Waals surface area contributed by atoms with Gasteiger partial charge in [0.1, 0.15) is 17.7 Å². The Bertz CT molecular complexity index is 684. The molecule has 0 aliphatic heterocycles. The van der Waals surface area contributed by atoms with Crippen LogP contribution in [-0.2, 0) is 21.2 Å². The number of aromatic nitrogens is 1. The third-order valence-corrected chi connectivity index (χ3v) is 5.04. The van der Waals surface area contributed by atoms with Gasteiger partial charge in [-0.3, -0.25) is 4.31 Å². The maximum absolute atomic E-state index is 12.3. The summed E-state index contributed by atoms with van der Waals surface area (Å²) in [5, 5.41) is 3.64. The van der Waals surface area contributed by atoms with Crippen molar-refractivity contribution in [3.63, 3.8) is 0 Å². The second kappa shape index (κ2) is 5.52. The first-order valence-corrected chi connectivity index (χ1v) is 8.27. The van der Waals surface area contributed by atoms with E-state index in [4.69, 9.17) is 0 Å². The minimum Gasteiger partial charge on any atom is -0.364 e. The lowest BCUT2D eigenvalue weighted by molar-refractivity contribution is 0.413. The minimum absolute atomic E-state index is 0.0384. The summed E-state index contributed by atoms with van der Waals surface area (Å²) in [6.07, 6.45) is 1.36. The number of hydrogen-bond acceptors (Lipinski definition) is 4.